The molecule has 5 nitrogen and oxygen atoms in total. The van der Waals surface area contributed by atoms with Gasteiger partial charge in [-0.15, -0.1) is 0 Å². The number of likely N-dealkylation sites (N-methyl/N-ethyl adjacent to an activating group) is 2. The Morgan fingerprint density at radius 1 is 1.21 bits per heavy atom. The predicted molar refractivity (Wildman–Crippen MR) is 118 cm³/mol. The molecule has 0 atom stereocenters. The zero-order chi connectivity index (χ0) is 20.4. The molecule has 0 aliphatic carbocycles. The number of carbonyl (C=O) groups is 1. The van der Waals surface area contributed by atoms with E-state index in [1.807, 2.05) is 37.4 Å². The lowest BCUT2D eigenvalue weighted by Gasteiger charge is -2.22. The van der Waals surface area contributed by atoms with Crippen LogP contribution in [0.25, 0.3) is 0 Å². The third-order valence-corrected chi connectivity index (χ3v) is 5.05. The fourth-order valence-electron chi connectivity index (χ4n) is 2.67. The Morgan fingerprint density at radius 2 is 1.96 bits per heavy atom. The summed E-state index contributed by atoms with van der Waals surface area (Å²) < 4.78 is 6.81. The highest BCUT2D eigenvalue weighted by Crippen LogP contribution is 2.24. The van der Waals surface area contributed by atoms with Crippen LogP contribution in [0.5, 0.6) is 5.75 Å². The second-order valence-corrected chi connectivity index (χ2v) is 7.77. The van der Waals surface area contributed by atoms with Crippen LogP contribution in [0.2, 0.25) is 5.02 Å². The summed E-state index contributed by atoms with van der Waals surface area (Å²) in [6, 6.07) is 13.3. The van der Waals surface area contributed by atoms with Crippen molar-refractivity contribution in [3.05, 3.63) is 63.1 Å². The lowest BCUT2D eigenvalue weighted by molar-refractivity contribution is -0.123. The molecule has 0 aliphatic heterocycles. The third-order valence-electron chi connectivity index (χ3n) is 4.30. The Bertz CT molecular complexity index is 756. The minimum absolute atomic E-state index is 0.0230. The maximum atomic E-state index is 12.2. The van der Waals surface area contributed by atoms with Crippen LogP contribution in [-0.2, 0) is 17.9 Å². The zero-order valence-electron chi connectivity index (χ0n) is 16.3. The van der Waals surface area contributed by atoms with Gasteiger partial charge in [-0.05, 0) is 49.5 Å². The smallest absolute Gasteiger partial charge is 0.258 e. The van der Waals surface area contributed by atoms with E-state index in [4.69, 9.17) is 16.3 Å². The molecule has 0 aromatic heterocycles. The van der Waals surface area contributed by atoms with E-state index in [1.165, 1.54) is 0 Å². The van der Waals surface area contributed by atoms with Crippen molar-refractivity contribution in [3.63, 3.8) is 0 Å². The second-order valence-electron chi connectivity index (χ2n) is 6.42. The van der Waals surface area contributed by atoms with Gasteiger partial charge < -0.3 is 15.4 Å². The Labute approximate surface area is 180 Å². The summed E-state index contributed by atoms with van der Waals surface area (Å²) in [5.41, 5.74) is 2.04. The summed E-state index contributed by atoms with van der Waals surface area (Å²) in [6.07, 6.45) is 0. The number of benzene rings is 2. The van der Waals surface area contributed by atoms with Gasteiger partial charge in [0.15, 0.2) is 6.61 Å². The molecule has 1 amide bonds. The zero-order valence-corrected chi connectivity index (χ0v) is 18.6. The average molecular weight is 469 g/mol. The van der Waals surface area contributed by atoms with Crippen LogP contribution >= 0.6 is 27.5 Å². The molecule has 2 aromatic carbocycles. The van der Waals surface area contributed by atoms with Gasteiger partial charge in [-0.1, -0.05) is 46.6 Å². The van der Waals surface area contributed by atoms with Gasteiger partial charge in [0.05, 0.1) is 0 Å². The number of amides is 1. The molecule has 0 bridgehead atoms. The number of hydrogen-bond donors (Lipinski definition) is 2. The van der Waals surface area contributed by atoms with E-state index in [1.54, 1.807) is 12.1 Å². The molecule has 7 heteroatoms. The summed E-state index contributed by atoms with van der Waals surface area (Å²) in [5.74, 6) is 0.569. The lowest BCUT2D eigenvalue weighted by atomic mass is 10.2. The molecular formula is C21H27BrClN3O2. The standard InChI is InChI=1S/C21H27BrClN3O2/c1-3-26(11-10-24-2)14-17-12-18(22)6-9-20(17)28-15-21(27)25-13-16-4-7-19(23)8-5-16/h4-9,12,24H,3,10-11,13-15H2,1-2H3,(H,25,27). The fraction of sp³-hybridized carbons (Fsp3) is 0.381. The lowest BCUT2D eigenvalue weighted by Crippen LogP contribution is -2.31. The Hall–Kier alpha value is -1.60. The van der Waals surface area contributed by atoms with Gasteiger partial charge in [0.25, 0.3) is 5.91 Å². The van der Waals surface area contributed by atoms with E-state index in [2.05, 4.69) is 38.4 Å². The molecule has 0 fully saturated rings. The first-order chi connectivity index (χ1) is 13.5. The highest BCUT2D eigenvalue weighted by atomic mass is 79.9. The predicted octanol–water partition coefficient (Wildman–Crippen LogP) is 3.84. The first kappa shape index (κ1) is 22.7. The maximum Gasteiger partial charge on any atom is 0.258 e. The van der Waals surface area contributed by atoms with Crippen LogP contribution in [0.4, 0.5) is 0 Å². The van der Waals surface area contributed by atoms with Crippen LogP contribution in [0.1, 0.15) is 18.1 Å². The van der Waals surface area contributed by atoms with Gasteiger partial charge in [0.2, 0.25) is 0 Å². The highest BCUT2D eigenvalue weighted by molar-refractivity contribution is 9.10. The van der Waals surface area contributed by atoms with Crippen molar-refractivity contribution >= 4 is 33.4 Å². The number of carbonyl (C=O) groups excluding carboxylic acids is 1. The first-order valence-electron chi connectivity index (χ1n) is 9.31. The van der Waals surface area contributed by atoms with Crippen molar-refractivity contribution in [2.24, 2.45) is 0 Å². The largest absolute Gasteiger partial charge is 0.483 e. The van der Waals surface area contributed by atoms with E-state index in [0.29, 0.717) is 11.6 Å². The fourth-order valence-corrected chi connectivity index (χ4v) is 3.20. The molecule has 0 aliphatic rings. The van der Waals surface area contributed by atoms with Crippen molar-refractivity contribution in [3.8, 4) is 5.75 Å². The van der Waals surface area contributed by atoms with Gasteiger partial charge >= 0.3 is 0 Å². The molecular weight excluding hydrogens is 442 g/mol. The quantitative estimate of drug-likeness (QED) is 0.526. The minimum atomic E-state index is -0.161. The van der Waals surface area contributed by atoms with Crippen LogP contribution in [0.3, 0.4) is 0 Å². The van der Waals surface area contributed by atoms with Gasteiger partial charge in [0, 0.05) is 41.2 Å². The van der Waals surface area contributed by atoms with E-state index in [9.17, 15) is 4.79 Å². The molecule has 0 unspecified atom stereocenters. The molecule has 0 saturated carbocycles. The maximum absolute atomic E-state index is 12.2. The van der Waals surface area contributed by atoms with E-state index in [-0.39, 0.29) is 12.5 Å². The average Bonchev–Trinajstić information content (AvgIpc) is 2.70. The molecule has 28 heavy (non-hydrogen) atoms. The number of hydrogen-bond acceptors (Lipinski definition) is 4. The first-order valence-corrected chi connectivity index (χ1v) is 10.5. The van der Waals surface area contributed by atoms with Crippen molar-refractivity contribution in [2.75, 3.05) is 33.3 Å². The summed E-state index contributed by atoms with van der Waals surface area (Å²) in [4.78, 5) is 14.5. The van der Waals surface area contributed by atoms with Gasteiger partial charge in [-0.2, -0.15) is 0 Å². The molecule has 0 radical (unpaired) electrons. The molecule has 0 saturated heterocycles. The van der Waals surface area contributed by atoms with Crippen molar-refractivity contribution < 1.29 is 9.53 Å². The normalized spacial score (nSPS) is 10.9. The third kappa shape index (κ3) is 7.80. The summed E-state index contributed by atoms with van der Waals surface area (Å²) in [6.45, 7) is 6.13. The van der Waals surface area contributed by atoms with Crippen LogP contribution < -0.4 is 15.4 Å². The van der Waals surface area contributed by atoms with Crippen molar-refractivity contribution in [1.82, 2.24) is 15.5 Å². The van der Waals surface area contributed by atoms with E-state index >= 15 is 0 Å². The Kier molecular flexibility index (Phi) is 9.78. The van der Waals surface area contributed by atoms with Crippen molar-refractivity contribution in [1.29, 1.82) is 0 Å². The molecule has 2 rings (SSSR count). The monoisotopic (exact) mass is 467 g/mol. The molecule has 0 spiro atoms. The number of halogens is 2. The molecule has 152 valence electrons. The number of ether oxygens (including phenoxy) is 1. The van der Waals surface area contributed by atoms with Crippen LogP contribution in [-0.4, -0.2) is 44.1 Å². The van der Waals surface area contributed by atoms with E-state index in [0.717, 1.165) is 47.5 Å². The van der Waals surface area contributed by atoms with Crippen molar-refractivity contribution in [2.45, 2.75) is 20.0 Å². The van der Waals surface area contributed by atoms with Gasteiger partial charge in [-0.25, -0.2) is 0 Å². The topological polar surface area (TPSA) is 53.6 Å². The SMILES string of the molecule is CCN(CCNC)Cc1cc(Br)ccc1OCC(=O)NCc1ccc(Cl)cc1. The Morgan fingerprint density at radius 3 is 2.64 bits per heavy atom. The number of rotatable bonds is 11. The summed E-state index contributed by atoms with van der Waals surface area (Å²) in [5, 5.41) is 6.71. The highest BCUT2D eigenvalue weighted by Gasteiger charge is 2.11. The minimum Gasteiger partial charge on any atom is -0.483 e. The molecule has 0 heterocycles. The molecule has 2 N–H and O–H groups in total. The van der Waals surface area contributed by atoms with E-state index < -0.39 is 0 Å². The summed E-state index contributed by atoms with van der Waals surface area (Å²) >= 11 is 9.40. The molecule has 2 aromatic rings. The number of nitrogens with zero attached hydrogens (tertiary/aromatic N) is 1. The number of nitrogens with one attached hydrogen (secondary N) is 2. The van der Waals surface area contributed by atoms with Crippen LogP contribution in [0.15, 0.2) is 46.9 Å². The van der Waals surface area contributed by atoms with Gasteiger partial charge in [0.1, 0.15) is 5.75 Å². The second kappa shape index (κ2) is 12.1. The van der Waals surface area contributed by atoms with Crippen LogP contribution in [0, 0.1) is 0 Å². The van der Waals surface area contributed by atoms with Gasteiger partial charge in [-0.3, -0.25) is 9.69 Å². The summed E-state index contributed by atoms with van der Waals surface area (Å²) in [7, 11) is 1.95. The Balaban J connectivity index is 1.91.